The molecule has 2 aromatic rings. The summed E-state index contributed by atoms with van der Waals surface area (Å²) < 4.78 is 0. The molecule has 84 valence electrons. The summed E-state index contributed by atoms with van der Waals surface area (Å²) in [4.78, 5) is 3.36. The zero-order valence-corrected chi connectivity index (χ0v) is 9.88. The van der Waals surface area contributed by atoms with E-state index in [2.05, 4.69) is 37.0 Å². The number of para-hydroxylation sites is 1. The first-order valence-corrected chi connectivity index (χ1v) is 5.78. The van der Waals surface area contributed by atoms with Gasteiger partial charge in [0.1, 0.15) is 0 Å². The maximum absolute atomic E-state index is 7.91. The fourth-order valence-electron chi connectivity index (χ4n) is 2.02. The molecule has 0 unspecified atom stereocenters. The zero-order valence-electron chi connectivity index (χ0n) is 9.88. The summed E-state index contributed by atoms with van der Waals surface area (Å²) in [6.45, 7) is 4.31. The van der Waals surface area contributed by atoms with Crippen LogP contribution in [0.3, 0.4) is 0 Å². The molecule has 0 aliphatic heterocycles. The normalized spacial score (nSPS) is 11.2. The van der Waals surface area contributed by atoms with Gasteiger partial charge in [0.2, 0.25) is 0 Å². The summed E-state index contributed by atoms with van der Waals surface area (Å²) in [6.07, 6.45) is 1.63. The highest BCUT2D eigenvalue weighted by atomic mass is 14.7. The molecule has 0 atom stereocenters. The minimum Gasteiger partial charge on any atom is -0.358 e. The van der Waals surface area contributed by atoms with Gasteiger partial charge in [-0.15, -0.1) is 0 Å². The monoisotopic (exact) mass is 214 g/mol. The number of nitrogens with one attached hydrogen (secondary N) is 2. The van der Waals surface area contributed by atoms with Crippen LogP contribution in [0.4, 0.5) is 0 Å². The fourth-order valence-corrected chi connectivity index (χ4v) is 2.02. The average molecular weight is 214 g/mol. The Hall–Kier alpha value is -1.57. The van der Waals surface area contributed by atoms with Crippen LogP contribution in [0.15, 0.2) is 30.3 Å². The molecule has 0 fully saturated rings. The minimum atomic E-state index is 0.567. The molecule has 2 heteroatoms. The summed E-state index contributed by atoms with van der Waals surface area (Å²) in [5, 5.41) is 9.14. The molecular weight excluding hydrogens is 196 g/mol. The van der Waals surface area contributed by atoms with Crippen molar-refractivity contribution in [2.24, 2.45) is 5.92 Å². The Morgan fingerprint density at radius 2 is 2.06 bits per heavy atom. The van der Waals surface area contributed by atoms with Crippen LogP contribution in [-0.4, -0.2) is 10.7 Å². The second kappa shape index (κ2) is 4.52. The lowest BCUT2D eigenvalue weighted by Crippen LogP contribution is -2.05. The van der Waals surface area contributed by atoms with Crippen molar-refractivity contribution in [3.8, 4) is 0 Å². The van der Waals surface area contributed by atoms with Crippen molar-refractivity contribution in [1.82, 2.24) is 4.98 Å². The summed E-state index contributed by atoms with van der Waals surface area (Å²) in [5.41, 5.74) is 3.11. The molecule has 1 heterocycles. The van der Waals surface area contributed by atoms with Crippen LogP contribution in [0.5, 0.6) is 0 Å². The third-order valence-corrected chi connectivity index (χ3v) is 2.64. The van der Waals surface area contributed by atoms with E-state index in [-0.39, 0.29) is 0 Å². The first kappa shape index (κ1) is 10.9. The highest BCUT2D eigenvalue weighted by molar-refractivity contribution is 5.86. The maximum Gasteiger partial charge on any atom is 0.0456 e. The van der Waals surface area contributed by atoms with Crippen LogP contribution < -0.4 is 0 Å². The molecule has 0 aliphatic carbocycles. The molecule has 0 saturated heterocycles. The van der Waals surface area contributed by atoms with Crippen molar-refractivity contribution < 1.29 is 0 Å². The van der Waals surface area contributed by atoms with Crippen molar-refractivity contribution in [2.75, 3.05) is 0 Å². The second-order valence-corrected chi connectivity index (χ2v) is 4.76. The number of hydrogen-bond donors (Lipinski definition) is 2. The zero-order chi connectivity index (χ0) is 11.5. The second-order valence-electron chi connectivity index (χ2n) is 4.76. The van der Waals surface area contributed by atoms with E-state index in [0.717, 1.165) is 29.8 Å². The van der Waals surface area contributed by atoms with E-state index < -0.39 is 0 Å². The minimum absolute atomic E-state index is 0.567. The Balaban J connectivity index is 2.12. The number of aromatic nitrogens is 1. The van der Waals surface area contributed by atoms with Crippen LogP contribution in [0.1, 0.15) is 26.0 Å². The van der Waals surface area contributed by atoms with Crippen molar-refractivity contribution in [2.45, 2.75) is 26.7 Å². The van der Waals surface area contributed by atoms with Gasteiger partial charge < -0.3 is 10.4 Å². The summed E-state index contributed by atoms with van der Waals surface area (Å²) in [7, 11) is 0. The molecule has 0 amide bonds. The predicted molar refractivity (Wildman–Crippen MR) is 69.2 cm³/mol. The van der Waals surface area contributed by atoms with E-state index in [1.807, 2.05) is 12.1 Å². The molecule has 1 aromatic carbocycles. The van der Waals surface area contributed by atoms with Gasteiger partial charge in [0.05, 0.1) is 0 Å². The molecule has 0 saturated carbocycles. The smallest absolute Gasteiger partial charge is 0.0456 e. The van der Waals surface area contributed by atoms with Gasteiger partial charge in [0.15, 0.2) is 0 Å². The van der Waals surface area contributed by atoms with E-state index >= 15 is 0 Å². The van der Waals surface area contributed by atoms with Gasteiger partial charge in [-0.05, 0) is 29.9 Å². The van der Waals surface area contributed by atoms with Gasteiger partial charge in [-0.25, -0.2) is 0 Å². The van der Waals surface area contributed by atoms with E-state index in [9.17, 15) is 0 Å². The van der Waals surface area contributed by atoms with E-state index in [1.54, 1.807) is 0 Å². The van der Waals surface area contributed by atoms with Crippen LogP contribution in [0.25, 0.3) is 10.9 Å². The largest absolute Gasteiger partial charge is 0.358 e. The van der Waals surface area contributed by atoms with Crippen molar-refractivity contribution >= 4 is 16.6 Å². The van der Waals surface area contributed by atoms with E-state index in [4.69, 9.17) is 5.41 Å². The lowest BCUT2D eigenvalue weighted by Gasteiger charge is -2.04. The Morgan fingerprint density at radius 1 is 1.31 bits per heavy atom. The van der Waals surface area contributed by atoms with Gasteiger partial charge in [-0.1, -0.05) is 32.0 Å². The van der Waals surface area contributed by atoms with Crippen LogP contribution in [0, 0.1) is 11.3 Å². The summed E-state index contributed by atoms with van der Waals surface area (Å²) in [5.74, 6) is 0.567. The molecular formula is C14H18N2. The Bertz CT molecular complexity index is 461. The quantitative estimate of drug-likeness (QED) is 0.727. The number of H-pyrrole nitrogens is 1. The molecule has 0 aliphatic rings. The molecule has 1 aromatic heterocycles. The lowest BCUT2D eigenvalue weighted by molar-refractivity contribution is 0.676. The van der Waals surface area contributed by atoms with Crippen molar-refractivity contribution in [1.29, 1.82) is 5.41 Å². The summed E-state index contributed by atoms with van der Waals surface area (Å²) in [6, 6.07) is 10.4. The van der Waals surface area contributed by atoms with E-state index in [0.29, 0.717) is 5.92 Å². The van der Waals surface area contributed by atoms with E-state index in [1.165, 1.54) is 5.39 Å². The number of fused-ring (bicyclic) bond motifs is 1. The third-order valence-electron chi connectivity index (χ3n) is 2.64. The maximum atomic E-state index is 7.91. The first-order valence-electron chi connectivity index (χ1n) is 5.78. The van der Waals surface area contributed by atoms with Gasteiger partial charge in [0.25, 0.3) is 0 Å². The fraction of sp³-hybridized carbons (Fsp3) is 0.357. The molecule has 0 radical (unpaired) electrons. The molecule has 0 bridgehead atoms. The number of benzene rings is 1. The first-order chi connectivity index (χ1) is 7.65. The van der Waals surface area contributed by atoms with Crippen molar-refractivity contribution in [3.63, 3.8) is 0 Å². The summed E-state index contributed by atoms with van der Waals surface area (Å²) >= 11 is 0. The third kappa shape index (κ3) is 2.51. The lowest BCUT2D eigenvalue weighted by atomic mass is 10.0. The standard InChI is InChI=1S/C14H18N2/c1-10(2)7-12(15)9-13-8-11-5-3-4-6-14(11)16-13/h3-6,8,10,15-16H,7,9H2,1-2H3. The number of rotatable bonds is 4. The molecule has 16 heavy (non-hydrogen) atoms. The molecule has 2 nitrogen and oxygen atoms in total. The van der Waals surface area contributed by atoms with Crippen LogP contribution in [0.2, 0.25) is 0 Å². The molecule has 2 rings (SSSR count). The Labute approximate surface area is 96.2 Å². The topological polar surface area (TPSA) is 39.6 Å². The van der Waals surface area contributed by atoms with Gasteiger partial charge >= 0.3 is 0 Å². The van der Waals surface area contributed by atoms with Gasteiger partial charge in [-0.3, -0.25) is 0 Å². The number of hydrogen-bond acceptors (Lipinski definition) is 1. The number of aromatic amines is 1. The highest BCUT2D eigenvalue weighted by Gasteiger charge is 2.05. The Kier molecular flexibility index (Phi) is 3.09. The van der Waals surface area contributed by atoms with Crippen LogP contribution in [-0.2, 0) is 6.42 Å². The van der Waals surface area contributed by atoms with Crippen LogP contribution >= 0.6 is 0 Å². The SMILES string of the molecule is CC(C)CC(=N)Cc1cc2ccccc2[nH]1. The Morgan fingerprint density at radius 3 is 2.75 bits per heavy atom. The molecule has 0 spiro atoms. The van der Waals surface area contributed by atoms with Gasteiger partial charge in [0, 0.05) is 23.3 Å². The predicted octanol–water partition coefficient (Wildman–Crippen LogP) is 3.78. The van der Waals surface area contributed by atoms with Crippen molar-refractivity contribution in [3.05, 3.63) is 36.0 Å². The highest BCUT2D eigenvalue weighted by Crippen LogP contribution is 2.16. The molecule has 2 N–H and O–H groups in total. The van der Waals surface area contributed by atoms with Gasteiger partial charge in [-0.2, -0.15) is 0 Å². The average Bonchev–Trinajstić information content (AvgIpc) is 2.57.